The number of anilines is 3. The first-order chi connectivity index (χ1) is 18.0. The SMILES string of the molecule is NC(=O)c1nnc(N2CCCC(NC(=O)C3CCC3)C2)nc1Nc1ccc(C(=O)N2CCOCC2)cc1. The zero-order valence-electron chi connectivity index (χ0n) is 20.7. The van der Waals surface area contributed by atoms with Gasteiger partial charge in [0.15, 0.2) is 11.5 Å². The number of nitrogens with zero attached hydrogens (tertiary/aromatic N) is 5. The van der Waals surface area contributed by atoms with Crippen LogP contribution < -0.4 is 21.3 Å². The Balaban J connectivity index is 1.28. The van der Waals surface area contributed by atoms with Crippen molar-refractivity contribution < 1.29 is 19.1 Å². The monoisotopic (exact) mass is 508 g/mol. The number of carbonyl (C=O) groups excluding carboxylic acids is 3. The molecule has 1 aromatic carbocycles. The number of primary amides is 1. The van der Waals surface area contributed by atoms with Gasteiger partial charge in [0.25, 0.3) is 11.8 Å². The number of amides is 3. The minimum atomic E-state index is -0.752. The van der Waals surface area contributed by atoms with E-state index in [-0.39, 0.29) is 35.3 Å². The van der Waals surface area contributed by atoms with Crippen molar-refractivity contribution in [3.05, 3.63) is 35.5 Å². The molecule has 196 valence electrons. The highest BCUT2D eigenvalue weighted by Crippen LogP contribution is 2.27. The van der Waals surface area contributed by atoms with Crippen molar-refractivity contribution in [2.75, 3.05) is 49.6 Å². The lowest BCUT2D eigenvalue weighted by molar-refractivity contribution is -0.128. The summed E-state index contributed by atoms with van der Waals surface area (Å²) in [6.45, 7) is 3.48. The largest absolute Gasteiger partial charge is 0.378 e. The number of rotatable bonds is 7. The van der Waals surface area contributed by atoms with Crippen molar-refractivity contribution in [3.63, 3.8) is 0 Å². The Morgan fingerprint density at radius 2 is 1.73 bits per heavy atom. The molecule has 0 spiro atoms. The first-order valence-electron chi connectivity index (χ1n) is 12.8. The molecule has 2 aromatic rings. The molecular weight excluding hydrogens is 476 g/mol. The van der Waals surface area contributed by atoms with Crippen LogP contribution in [-0.4, -0.2) is 83.2 Å². The van der Waals surface area contributed by atoms with Gasteiger partial charge in [0, 0.05) is 49.4 Å². The molecule has 12 heteroatoms. The number of piperidine rings is 1. The van der Waals surface area contributed by atoms with Gasteiger partial charge in [-0.1, -0.05) is 6.42 Å². The lowest BCUT2D eigenvalue weighted by Gasteiger charge is -2.34. The van der Waals surface area contributed by atoms with Gasteiger partial charge < -0.3 is 30.9 Å². The highest BCUT2D eigenvalue weighted by molar-refractivity contribution is 5.97. The molecule has 5 rings (SSSR count). The topological polar surface area (TPSA) is 156 Å². The maximum Gasteiger partial charge on any atom is 0.273 e. The smallest absolute Gasteiger partial charge is 0.273 e. The van der Waals surface area contributed by atoms with Crippen LogP contribution in [0.1, 0.15) is 53.0 Å². The van der Waals surface area contributed by atoms with Crippen LogP contribution in [0.4, 0.5) is 17.5 Å². The summed E-state index contributed by atoms with van der Waals surface area (Å²) in [6.07, 6.45) is 4.80. The van der Waals surface area contributed by atoms with E-state index in [0.717, 1.165) is 32.1 Å². The molecule has 2 saturated heterocycles. The maximum atomic E-state index is 12.7. The van der Waals surface area contributed by atoms with Crippen LogP contribution >= 0.6 is 0 Å². The molecule has 0 bridgehead atoms. The molecule has 1 atom stereocenters. The Morgan fingerprint density at radius 3 is 2.41 bits per heavy atom. The molecule has 2 aliphatic heterocycles. The number of aromatic nitrogens is 3. The summed E-state index contributed by atoms with van der Waals surface area (Å²) in [7, 11) is 0. The Labute approximate surface area is 214 Å². The van der Waals surface area contributed by atoms with Gasteiger partial charge in [0.1, 0.15) is 0 Å². The van der Waals surface area contributed by atoms with Crippen LogP contribution in [0, 0.1) is 5.92 Å². The first-order valence-corrected chi connectivity index (χ1v) is 12.8. The van der Waals surface area contributed by atoms with Gasteiger partial charge in [0.2, 0.25) is 11.9 Å². The lowest BCUT2D eigenvalue weighted by atomic mass is 9.84. The molecule has 4 N–H and O–H groups in total. The highest BCUT2D eigenvalue weighted by atomic mass is 16.5. The fraction of sp³-hybridized carbons (Fsp3) is 0.520. The second-order valence-electron chi connectivity index (χ2n) is 9.70. The Bertz CT molecular complexity index is 1150. The fourth-order valence-corrected chi connectivity index (χ4v) is 4.75. The summed E-state index contributed by atoms with van der Waals surface area (Å²) >= 11 is 0. The molecule has 0 radical (unpaired) electrons. The van der Waals surface area contributed by atoms with Crippen LogP contribution in [0.15, 0.2) is 24.3 Å². The van der Waals surface area contributed by atoms with E-state index in [9.17, 15) is 14.4 Å². The van der Waals surface area contributed by atoms with Gasteiger partial charge >= 0.3 is 0 Å². The molecule has 3 heterocycles. The normalized spacial score (nSPS) is 20.2. The molecular formula is C25H32N8O4. The Morgan fingerprint density at radius 1 is 0.973 bits per heavy atom. The van der Waals surface area contributed by atoms with Crippen molar-refractivity contribution in [1.29, 1.82) is 0 Å². The molecule has 12 nitrogen and oxygen atoms in total. The summed E-state index contributed by atoms with van der Waals surface area (Å²) in [4.78, 5) is 45.4. The second-order valence-corrected chi connectivity index (χ2v) is 9.70. The lowest BCUT2D eigenvalue weighted by Crippen LogP contribution is -2.50. The molecule has 1 saturated carbocycles. The molecule has 37 heavy (non-hydrogen) atoms. The van der Waals surface area contributed by atoms with Gasteiger partial charge in [-0.05, 0) is 49.9 Å². The molecule has 1 unspecified atom stereocenters. The van der Waals surface area contributed by atoms with Gasteiger partial charge in [-0.3, -0.25) is 14.4 Å². The van der Waals surface area contributed by atoms with Gasteiger partial charge in [-0.15, -0.1) is 10.2 Å². The second kappa shape index (κ2) is 11.1. The van der Waals surface area contributed by atoms with Gasteiger partial charge in [-0.25, -0.2) is 0 Å². The van der Waals surface area contributed by atoms with Gasteiger partial charge in [-0.2, -0.15) is 4.98 Å². The van der Waals surface area contributed by atoms with Crippen molar-refractivity contribution in [2.24, 2.45) is 11.7 Å². The summed E-state index contributed by atoms with van der Waals surface area (Å²) < 4.78 is 5.31. The number of ether oxygens (including phenoxy) is 1. The van der Waals surface area contributed by atoms with Gasteiger partial charge in [0.05, 0.1) is 13.2 Å². The summed E-state index contributed by atoms with van der Waals surface area (Å²) in [5.41, 5.74) is 6.63. The van der Waals surface area contributed by atoms with E-state index in [0.29, 0.717) is 56.6 Å². The Hall–Kier alpha value is -3.80. The van der Waals surface area contributed by atoms with Crippen molar-refractivity contribution in [1.82, 2.24) is 25.4 Å². The van der Waals surface area contributed by atoms with Crippen LogP contribution in [0.3, 0.4) is 0 Å². The maximum absolute atomic E-state index is 12.7. The quantitative estimate of drug-likeness (QED) is 0.498. The number of hydrogen-bond donors (Lipinski definition) is 3. The van der Waals surface area contributed by atoms with Crippen LogP contribution in [0.2, 0.25) is 0 Å². The highest BCUT2D eigenvalue weighted by Gasteiger charge is 2.30. The minimum absolute atomic E-state index is 0.00854. The van der Waals surface area contributed by atoms with Crippen LogP contribution in [0.5, 0.6) is 0 Å². The zero-order chi connectivity index (χ0) is 25.8. The summed E-state index contributed by atoms with van der Waals surface area (Å²) in [6, 6.07) is 6.94. The average molecular weight is 509 g/mol. The van der Waals surface area contributed by atoms with Crippen LogP contribution in [0.25, 0.3) is 0 Å². The molecule has 1 aromatic heterocycles. The standard InChI is InChI=1S/C25H32N8O4/c26-21(34)20-22(27-18-8-6-17(7-9-18)24(36)32-11-13-37-14-12-32)29-25(31-30-20)33-10-2-5-19(15-33)28-23(35)16-3-1-4-16/h6-9,16,19H,1-5,10-15H2,(H2,26,34)(H,28,35)(H,27,29,31). The van der Waals surface area contributed by atoms with E-state index in [1.54, 1.807) is 29.2 Å². The number of nitrogens with two attached hydrogens (primary N) is 1. The number of nitrogens with one attached hydrogen (secondary N) is 2. The summed E-state index contributed by atoms with van der Waals surface area (Å²) in [5, 5.41) is 14.4. The minimum Gasteiger partial charge on any atom is -0.378 e. The molecule has 3 fully saturated rings. The Kier molecular flexibility index (Phi) is 7.45. The number of morpholine rings is 1. The van der Waals surface area contributed by atoms with E-state index >= 15 is 0 Å². The third-order valence-corrected chi connectivity index (χ3v) is 7.13. The number of carbonyl (C=O) groups is 3. The third-order valence-electron chi connectivity index (χ3n) is 7.13. The van der Waals surface area contributed by atoms with E-state index in [1.807, 2.05) is 4.90 Å². The zero-order valence-corrected chi connectivity index (χ0v) is 20.7. The van der Waals surface area contributed by atoms with Crippen molar-refractivity contribution in [3.8, 4) is 0 Å². The van der Waals surface area contributed by atoms with E-state index < -0.39 is 5.91 Å². The predicted molar refractivity (Wildman–Crippen MR) is 136 cm³/mol. The van der Waals surface area contributed by atoms with E-state index in [4.69, 9.17) is 10.5 Å². The summed E-state index contributed by atoms with van der Waals surface area (Å²) in [5.74, 6) is -0.00613. The first kappa shape index (κ1) is 24.9. The third kappa shape index (κ3) is 5.79. The van der Waals surface area contributed by atoms with E-state index in [2.05, 4.69) is 25.8 Å². The molecule has 1 aliphatic carbocycles. The molecule has 3 aliphatic rings. The van der Waals surface area contributed by atoms with Crippen LogP contribution in [-0.2, 0) is 9.53 Å². The predicted octanol–water partition coefficient (Wildman–Crippen LogP) is 1.07. The number of benzene rings is 1. The number of hydrogen-bond acceptors (Lipinski definition) is 9. The molecule has 3 amide bonds. The average Bonchev–Trinajstić information content (AvgIpc) is 2.88. The van der Waals surface area contributed by atoms with E-state index in [1.165, 1.54) is 0 Å². The van der Waals surface area contributed by atoms with Crippen molar-refractivity contribution >= 4 is 35.2 Å². The fourth-order valence-electron chi connectivity index (χ4n) is 4.75. The van der Waals surface area contributed by atoms with Crippen molar-refractivity contribution in [2.45, 2.75) is 38.1 Å².